The van der Waals surface area contributed by atoms with Crippen LogP contribution in [0.5, 0.6) is 0 Å². The minimum atomic E-state index is -0.564. The first-order valence-electron chi connectivity index (χ1n) is 9.60. The highest BCUT2D eigenvalue weighted by Crippen LogP contribution is 2.32. The van der Waals surface area contributed by atoms with Crippen LogP contribution in [0.15, 0.2) is 54.9 Å². The summed E-state index contributed by atoms with van der Waals surface area (Å²) in [6.07, 6.45) is 0.946. The van der Waals surface area contributed by atoms with E-state index in [1.807, 2.05) is 51.1 Å². The van der Waals surface area contributed by atoms with Gasteiger partial charge in [0.15, 0.2) is 5.65 Å². The predicted octanol–water partition coefficient (Wildman–Crippen LogP) is 5.76. The number of amides is 1. The number of halogens is 1. The number of fused-ring (bicyclic) bond motifs is 1. The molecule has 0 saturated carbocycles. The van der Waals surface area contributed by atoms with Crippen molar-refractivity contribution in [3.63, 3.8) is 0 Å². The average Bonchev–Trinajstić information content (AvgIpc) is 3.12. The Hall–Kier alpha value is -3.65. The third-order valence-electron chi connectivity index (χ3n) is 4.26. The first kappa shape index (κ1) is 20.6. The Labute approximate surface area is 184 Å². The molecule has 0 spiro atoms. The van der Waals surface area contributed by atoms with Gasteiger partial charge in [0.05, 0.1) is 11.1 Å². The summed E-state index contributed by atoms with van der Waals surface area (Å²) in [6, 6.07) is 14.7. The Kier molecular flexibility index (Phi) is 5.48. The largest absolute Gasteiger partial charge is 0.444 e. The summed E-state index contributed by atoms with van der Waals surface area (Å²) in [7, 11) is 0. The molecule has 8 nitrogen and oxygen atoms in total. The third-order valence-corrected chi connectivity index (χ3v) is 4.49. The van der Waals surface area contributed by atoms with Crippen molar-refractivity contribution in [2.75, 3.05) is 10.6 Å². The zero-order chi connectivity index (χ0) is 22.0. The van der Waals surface area contributed by atoms with Crippen LogP contribution >= 0.6 is 11.6 Å². The molecule has 0 atom stereocenters. The Morgan fingerprint density at radius 3 is 2.55 bits per heavy atom. The van der Waals surface area contributed by atoms with Crippen LogP contribution in [0.25, 0.3) is 22.3 Å². The fourth-order valence-corrected chi connectivity index (χ4v) is 3.19. The van der Waals surface area contributed by atoms with Crippen molar-refractivity contribution in [2.45, 2.75) is 26.4 Å². The average molecular weight is 437 g/mol. The van der Waals surface area contributed by atoms with Crippen molar-refractivity contribution in [3.8, 4) is 11.3 Å². The number of carbonyl (C=O) groups excluding carboxylic acids is 1. The molecule has 4 rings (SSSR count). The molecule has 1 amide bonds. The van der Waals surface area contributed by atoms with Crippen molar-refractivity contribution < 1.29 is 9.53 Å². The van der Waals surface area contributed by atoms with Gasteiger partial charge in [0, 0.05) is 22.0 Å². The number of hydrogen-bond donors (Lipinski definition) is 3. The van der Waals surface area contributed by atoms with Crippen LogP contribution in [0.4, 0.5) is 22.0 Å². The maximum Gasteiger partial charge on any atom is 0.412 e. The van der Waals surface area contributed by atoms with Gasteiger partial charge in [-0.3, -0.25) is 10.4 Å². The standard InChI is InChI=1S/C22H21ClN6O2/c1-22(2,3)31-21(30)27-15-9-7-13(8-10-15)18-17-19(24-12-25-20(17)29-28-18)26-16-6-4-5-14(23)11-16/h4-12H,1-3H3,(H,27,30)(H2,24,25,26,28,29). The van der Waals surface area contributed by atoms with Gasteiger partial charge in [0.2, 0.25) is 0 Å². The first-order valence-corrected chi connectivity index (χ1v) is 9.98. The maximum absolute atomic E-state index is 12.0. The lowest BCUT2D eigenvalue weighted by Gasteiger charge is -2.19. The minimum Gasteiger partial charge on any atom is -0.444 e. The summed E-state index contributed by atoms with van der Waals surface area (Å²) in [5.41, 5.74) is 3.01. The van der Waals surface area contributed by atoms with Gasteiger partial charge < -0.3 is 10.1 Å². The molecule has 0 aliphatic rings. The van der Waals surface area contributed by atoms with Gasteiger partial charge in [0.1, 0.15) is 17.7 Å². The first-order chi connectivity index (χ1) is 14.8. The number of benzene rings is 2. The minimum absolute atomic E-state index is 0.506. The summed E-state index contributed by atoms with van der Waals surface area (Å²) >= 11 is 6.09. The molecule has 2 heterocycles. The fourth-order valence-electron chi connectivity index (χ4n) is 3.00. The van der Waals surface area contributed by atoms with Crippen molar-refractivity contribution in [3.05, 3.63) is 59.9 Å². The van der Waals surface area contributed by atoms with Crippen LogP contribution in [-0.2, 0) is 4.74 Å². The van der Waals surface area contributed by atoms with Crippen LogP contribution in [-0.4, -0.2) is 31.9 Å². The van der Waals surface area contributed by atoms with Crippen molar-refractivity contribution >= 4 is 45.9 Å². The van der Waals surface area contributed by atoms with E-state index in [2.05, 4.69) is 30.8 Å². The highest BCUT2D eigenvalue weighted by atomic mass is 35.5. The lowest BCUT2D eigenvalue weighted by molar-refractivity contribution is 0.0636. The smallest absolute Gasteiger partial charge is 0.412 e. The van der Waals surface area contributed by atoms with Gasteiger partial charge in [-0.25, -0.2) is 14.8 Å². The molecule has 0 radical (unpaired) electrons. The molecule has 0 fully saturated rings. The fraction of sp³-hybridized carbons (Fsp3) is 0.182. The number of aromatic nitrogens is 4. The lowest BCUT2D eigenvalue weighted by Crippen LogP contribution is -2.27. The van der Waals surface area contributed by atoms with Gasteiger partial charge in [-0.15, -0.1) is 0 Å². The van der Waals surface area contributed by atoms with E-state index >= 15 is 0 Å². The maximum atomic E-state index is 12.0. The second kappa shape index (κ2) is 8.23. The second-order valence-corrected chi connectivity index (χ2v) is 8.30. The molecule has 158 valence electrons. The van der Waals surface area contributed by atoms with E-state index in [9.17, 15) is 4.79 Å². The number of aromatic amines is 1. The predicted molar refractivity (Wildman–Crippen MR) is 122 cm³/mol. The van der Waals surface area contributed by atoms with E-state index in [0.717, 1.165) is 22.3 Å². The van der Waals surface area contributed by atoms with Crippen LogP contribution in [0.2, 0.25) is 5.02 Å². The lowest BCUT2D eigenvalue weighted by atomic mass is 10.1. The van der Waals surface area contributed by atoms with E-state index in [-0.39, 0.29) is 0 Å². The topological polar surface area (TPSA) is 105 Å². The van der Waals surface area contributed by atoms with Crippen LogP contribution in [0.3, 0.4) is 0 Å². The van der Waals surface area contributed by atoms with Crippen LogP contribution in [0, 0.1) is 0 Å². The molecule has 9 heteroatoms. The highest BCUT2D eigenvalue weighted by molar-refractivity contribution is 6.30. The molecular formula is C22H21ClN6O2. The zero-order valence-electron chi connectivity index (χ0n) is 17.2. The number of rotatable bonds is 4. The van der Waals surface area contributed by atoms with Gasteiger partial charge in [-0.2, -0.15) is 5.10 Å². The number of anilines is 3. The molecule has 0 saturated heterocycles. The van der Waals surface area contributed by atoms with Crippen molar-refractivity contribution in [1.82, 2.24) is 20.2 Å². The SMILES string of the molecule is CC(C)(C)OC(=O)Nc1ccc(-c2[nH]nc3ncnc(Nc4cccc(Cl)c4)c23)cc1. The molecule has 31 heavy (non-hydrogen) atoms. The Morgan fingerprint density at radius 1 is 1.06 bits per heavy atom. The number of nitrogens with one attached hydrogen (secondary N) is 3. The van der Waals surface area contributed by atoms with Gasteiger partial charge in [-0.05, 0) is 51.1 Å². The van der Waals surface area contributed by atoms with Gasteiger partial charge in [0.25, 0.3) is 0 Å². The third kappa shape index (κ3) is 4.92. The van der Waals surface area contributed by atoms with Gasteiger partial charge in [-0.1, -0.05) is 29.8 Å². The highest BCUT2D eigenvalue weighted by Gasteiger charge is 2.17. The van der Waals surface area contributed by atoms with Crippen molar-refractivity contribution in [2.24, 2.45) is 0 Å². The molecule has 2 aromatic carbocycles. The van der Waals surface area contributed by atoms with E-state index in [4.69, 9.17) is 16.3 Å². The summed E-state index contributed by atoms with van der Waals surface area (Å²) in [4.78, 5) is 20.6. The molecule has 0 unspecified atom stereocenters. The molecular weight excluding hydrogens is 416 g/mol. The molecule has 0 bridgehead atoms. The normalized spacial score (nSPS) is 11.4. The summed E-state index contributed by atoms with van der Waals surface area (Å²) in [6.45, 7) is 5.45. The number of hydrogen-bond acceptors (Lipinski definition) is 6. The molecule has 3 N–H and O–H groups in total. The van der Waals surface area contributed by atoms with Crippen LogP contribution < -0.4 is 10.6 Å². The Balaban J connectivity index is 1.62. The van der Waals surface area contributed by atoms with E-state index in [1.54, 1.807) is 18.2 Å². The van der Waals surface area contributed by atoms with E-state index < -0.39 is 11.7 Å². The monoisotopic (exact) mass is 436 g/mol. The van der Waals surface area contributed by atoms with E-state index in [1.165, 1.54) is 6.33 Å². The quantitative estimate of drug-likeness (QED) is 0.375. The van der Waals surface area contributed by atoms with Crippen LogP contribution in [0.1, 0.15) is 20.8 Å². The Morgan fingerprint density at radius 2 is 1.84 bits per heavy atom. The number of H-pyrrole nitrogens is 1. The number of ether oxygens (including phenoxy) is 1. The number of nitrogens with zero attached hydrogens (tertiary/aromatic N) is 3. The zero-order valence-corrected chi connectivity index (χ0v) is 18.0. The van der Waals surface area contributed by atoms with E-state index in [0.29, 0.717) is 22.2 Å². The summed E-state index contributed by atoms with van der Waals surface area (Å²) in [5.74, 6) is 0.604. The Bertz CT molecular complexity index is 1230. The molecule has 2 aromatic heterocycles. The van der Waals surface area contributed by atoms with Crippen molar-refractivity contribution in [1.29, 1.82) is 0 Å². The molecule has 0 aliphatic heterocycles. The van der Waals surface area contributed by atoms with Gasteiger partial charge >= 0.3 is 6.09 Å². The second-order valence-electron chi connectivity index (χ2n) is 7.86. The number of carbonyl (C=O) groups is 1. The summed E-state index contributed by atoms with van der Waals surface area (Å²) < 4.78 is 5.28. The molecule has 0 aliphatic carbocycles. The molecule has 4 aromatic rings. The summed E-state index contributed by atoms with van der Waals surface area (Å²) in [5, 5.41) is 14.7.